The second-order valence-electron chi connectivity index (χ2n) is 6.73. The lowest BCUT2D eigenvalue weighted by Gasteiger charge is -2.27. The number of carbonyl (C=O) groups excluding carboxylic acids is 1. The number of hydrogen-bond donors (Lipinski definition) is 1. The fourth-order valence-electron chi connectivity index (χ4n) is 2.96. The number of oxazole rings is 1. The molecule has 26 heavy (non-hydrogen) atoms. The fourth-order valence-corrected chi connectivity index (χ4v) is 2.96. The van der Waals surface area contributed by atoms with Crippen LogP contribution in [0.15, 0.2) is 16.5 Å². The number of nitrogens with zero attached hydrogens (tertiary/aromatic N) is 2. The monoisotopic (exact) mass is 358 g/mol. The minimum atomic E-state index is -0.947. The van der Waals surface area contributed by atoms with E-state index in [1.54, 1.807) is 12.1 Å². The van der Waals surface area contributed by atoms with Crippen molar-refractivity contribution in [1.29, 1.82) is 0 Å². The van der Waals surface area contributed by atoms with E-state index in [0.717, 1.165) is 17.4 Å². The first-order valence-electron chi connectivity index (χ1n) is 8.57. The maximum Gasteiger partial charge on any atom is 0.407 e. The van der Waals surface area contributed by atoms with Gasteiger partial charge in [0.2, 0.25) is 0 Å². The Kier molecular flexibility index (Phi) is 4.97. The zero-order chi connectivity index (χ0) is 18.8. The van der Waals surface area contributed by atoms with Crippen LogP contribution in [-0.4, -0.2) is 33.9 Å². The maximum atomic E-state index is 11.4. The molecule has 1 N–H and O–H groups in total. The van der Waals surface area contributed by atoms with Gasteiger partial charge in [-0.1, -0.05) is 13.8 Å². The molecule has 0 fully saturated rings. The van der Waals surface area contributed by atoms with E-state index >= 15 is 0 Å². The molecule has 138 valence electrons. The number of carbonyl (C=O) groups is 2. The molecule has 2 heterocycles. The number of amides is 1. The first-order valence-corrected chi connectivity index (χ1v) is 8.57. The Morgan fingerprint density at radius 2 is 2.19 bits per heavy atom. The molecule has 0 bridgehead atoms. The lowest BCUT2D eigenvalue weighted by Crippen LogP contribution is -2.34. The van der Waals surface area contributed by atoms with E-state index in [4.69, 9.17) is 9.15 Å². The molecule has 0 unspecified atom stereocenters. The Labute approximate surface area is 151 Å². The van der Waals surface area contributed by atoms with Crippen molar-refractivity contribution in [3.05, 3.63) is 46.2 Å². The number of ether oxygens (including phenoxy) is 1. The van der Waals surface area contributed by atoms with Crippen LogP contribution in [0.25, 0.3) is 0 Å². The summed E-state index contributed by atoms with van der Waals surface area (Å²) >= 11 is 0. The Hall–Kier alpha value is -2.83. The first-order chi connectivity index (χ1) is 12.4. The van der Waals surface area contributed by atoms with Gasteiger partial charge in [-0.15, -0.1) is 0 Å². The lowest BCUT2D eigenvalue weighted by atomic mass is 9.97. The van der Waals surface area contributed by atoms with E-state index in [0.29, 0.717) is 48.2 Å². The quantitative estimate of drug-likeness (QED) is 0.822. The van der Waals surface area contributed by atoms with Gasteiger partial charge in [-0.2, -0.15) is 0 Å². The third-order valence-corrected chi connectivity index (χ3v) is 4.51. The second-order valence-corrected chi connectivity index (χ2v) is 6.73. The zero-order valence-electron chi connectivity index (χ0n) is 15.1. The van der Waals surface area contributed by atoms with Crippen LogP contribution < -0.4 is 4.74 Å². The van der Waals surface area contributed by atoms with Crippen molar-refractivity contribution in [3.8, 4) is 5.75 Å². The molecule has 7 nitrogen and oxygen atoms in total. The number of aromatic nitrogens is 1. The molecule has 1 aliphatic rings. The summed E-state index contributed by atoms with van der Waals surface area (Å²) in [5.41, 5.74) is 2.99. The summed E-state index contributed by atoms with van der Waals surface area (Å²) in [6.45, 7) is 6.73. The van der Waals surface area contributed by atoms with Crippen molar-refractivity contribution < 1.29 is 23.8 Å². The topological polar surface area (TPSA) is 92.9 Å². The summed E-state index contributed by atoms with van der Waals surface area (Å²) in [5, 5.41) is 9.18. The van der Waals surface area contributed by atoms with E-state index in [1.807, 2.05) is 20.8 Å². The number of rotatable bonds is 5. The highest BCUT2D eigenvalue weighted by Gasteiger charge is 2.22. The number of aldehydes is 1. The predicted octanol–water partition coefficient (Wildman–Crippen LogP) is 3.53. The van der Waals surface area contributed by atoms with Gasteiger partial charge in [-0.3, -0.25) is 4.79 Å². The van der Waals surface area contributed by atoms with Gasteiger partial charge in [0.05, 0.1) is 5.56 Å². The third kappa shape index (κ3) is 3.56. The van der Waals surface area contributed by atoms with Crippen molar-refractivity contribution in [3.63, 3.8) is 0 Å². The third-order valence-electron chi connectivity index (χ3n) is 4.51. The summed E-state index contributed by atoms with van der Waals surface area (Å²) < 4.78 is 11.4. The molecule has 0 saturated carbocycles. The average Bonchev–Trinajstić information content (AvgIpc) is 2.99. The summed E-state index contributed by atoms with van der Waals surface area (Å²) in [4.78, 5) is 28.4. The van der Waals surface area contributed by atoms with Gasteiger partial charge in [0.15, 0.2) is 12.2 Å². The molecule has 0 radical (unpaired) electrons. The van der Waals surface area contributed by atoms with Crippen LogP contribution in [0, 0.1) is 6.92 Å². The highest BCUT2D eigenvalue weighted by molar-refractivity contribution is 5.80. The van der Waals surface area contributed by atoms with Crippen LogP contribution in [0.2, 0.25) is 0 Å². The summed E-state index contributed by atoms with van der Waals surface area (Å²) in [5.74, 6) is 1.95. The molecule has 1 aromatic carbocycles. The molecule has 2 aromatic rings. The highest BCUT2D eigenvalue weighted by Crippen LogP contribution is 2.28. The summed E-state index contributed by atoms with van der Waals surface area (Å²) in [6.07, 6.45) is 0.397. The number of carboxylic acid groups (broad SMARTS) is 1. The Morgan fingerprint density at radius 3 is 2.81 bits per heavy atom. The maximum absolute atomic E-state index is 11.4. The number of aryl methyl sites for hydroxylation is 1. The Bertz CT molecular complexity index is 841. The van der Waals surface area contributed by atoms with E-state index < -0.39 is 6.09 Å². The zero-order valence-corrected chi connectivity index (χ0v) is 15.1. The van der Waals surface area contributed by atoms with Gasteiger partial charge >= 0.3 is 6.09 Å². The van der Waals surface area contributed by atoms with Gasteiger partial charge in [-0.05, 0) is 36.6 Å². The molecule has 7 heteroatoms. The molecule has 1 amide bonds. The van der Waals surface area contributed by atoms with Crippen LogP contribution >= 0.6 is 0 Å². The van der Waals surface area contributed by atoms with E-state index in [9.17, 15) is 14.7 Å². The van der Waals surface area contributed by atoms with Crippen LogP contribution in [0.3, 0.4) is 0 Å². The summed E-state index contributed by atoms with van der Waals surface area (Å²) in [6, 6.07) is 3.54. The van der Waals surface area contributed by atoms with Gasteiger partial charge in [0.25, 0.3) is 0 Å². The second kappa shape index (κ2) is 7.19. The van der Waals surface area contributed by atoms with E-state index in [-0.39, 0.29) is 12.5 Å². The smallest absolute Gasteiger partial charge is 0.407 e. The molecular weight excluding hydrogens is 336 g/mol. The van der Waals surface area contributed by atoms with Crippen molar-refractivity contribution in [2.75, 3.05) is 6.54 Å². The van der Waals surface area contributed by atoms with Crippen molar-refractivity contribution in [2.45, 2.75) is 46.3 Å². The minimum absolute atomic E-state index is 0.179. The van der Waals surface area contributed by atoms with E-state index in [2.05, 4.69) is 4.98 Å². The molecular formula is C19H22N2O5. The highest BCUT2D eigenvalue weighted by atomic mass is 16.5. The van der Waals surface area contributed by atoms with Crippen molar-refractivity contribution in [1.82, 2.24) is 9.88 Å². The molecule has 1 aliphatic heterocycles. The standard InChI is InChI=1S/C19H22N2O5/c1-11(2)18-20-16(12(3)26-18)10-25-17-7-14-8-21(19(23)24)5-4-13(14)6-15(17)9-22/h6-7,9,11H,4-5,8,10H2,1-3H3,(H,23,24). The van der Waals surface area contributed by atoms with Crippen LogP contribution in [0.5, 0.6) is 5.75 Å². The molecule has 3 rings (SSSR count). The minimum Gasteiger partial charge on any atom is -0.486 e. The van der Waals surface area contributed by atoms with Gasteiger partial charge in [0.1, 0.15) is 23.8 Å². The molecule has 0 aliphatic carbocycles. The number of hydrogen-bond acceptors (Lipinski definition) is 5. The van der Waals surface area contributed by atoms with Gasteiger partial charge in [0, 0.05) is 19.0 Å². The molecule has 0 atom stereocenters. The Balaban J connectivity index is 1.82. The van der Waals surface area contributed by atoms with E-state index in [1.165, 1.54) is 4.90 Å². The molecule has 0 saturated heterocycles. The summed E-state index contributed by atoms with van der Waals surface area (Å²) in [7, 11) is 0. The van der Waals surface area contributed by atoms with Gasteiger partial charge < -0.3 is 19.2 Å². The van der Waals surface area contributed by atoms with Crippen LogP contribution in [0.4, 0.5) is 4.79 Å². The molecule has 0 spiro atoms. The van der Waals surface area contributed by atoms with Crippen LogP contribution in [-0.2, 0) is 19.6 Å². The van der Waals surface area contributed by atoms with Crippen molar-refractivity contribution >= 4 is 12.4 Å². The molecule has 1 aromatic heterocycles. The number of benzene rings is 1. The average molecular weight is 358 g/mol. The van der Waals surface area contributed by atoms with Crippen molar-refractivity contribution in [2.24, 2.45) is 0 Å². The predicted molar refractivity (Wildman–Crippen MR) is 93.6 cm³/mol. The fraction of sp³-hybridized carbons (Fsp3) is 0.421. The first kappa shape index (κ1) is 18.0. The van der Waals surface area contributed by atoms with Crippen LogP contribution in [0.1, 0.15) is 58.6 Å². The number of fused-ring (bicyclic) bond motifs is 1. The Morgan fingerprint density at radius 1 is 1.42 bits per heavy atom. The normalized spacial score (nSPS) is 13.6. The SMILES string of the molecule is Cc1oc(C(C)C)nc1COc1cc2c(cc1C=O)CCN(C(=O)O)C2. The van der Waals surface area contributed by atoms with Gasteiger partial charge in [-0.25, -0.2) is 9.78 Å². The lowest BCUT2D eigenvalue weighted by molar-refractivity contribution is 0.111. The largest absolute Gasteiger partial charge is 0.486 e.